The van der Waals surface area contributed by atoms with Crippen LogP contribution in [-0.2, 0) is 0 Å². The molecular formula is C15H26N6. The first-order valence-electron chi connectivity index (χ1n) is 8.24. The van der Waals surface area contributed by atoms with Crippen LogP contribution >= 0.6 is 0 Å². The molecule has 2 heterocycles. The summed E-state index contributed by atoms with van der Waals surface area (Å²) < 4.78 is 0. The largest absolute Gasteiger partial charge is 0.357 e. The number of aromatic nitrogens is 3. The highest BCUT2D eigenvalue weighted by atomic mass is 15.4. The van der Waals surface area contributed by atoms with Gasteiger partial charge in [-0.05, 0) is 44.9 Å². The van der Waals surface area contributed by atoms with Crippen LogP contribution in [0.2, 0.25) is 0 Å². The van der Waals surface area contributed by atoms with E-state index in [2.05, 4.69) is 32.0 Å². The highest BCUT2D eigenvalue weighted by Crippen LogP contribution is 2.31. The van der Waals surface area contributed by atoms with Gasteiger partial charge in [-0.25, -0.2) is 0 Å². The van der Waals surface area contributed by atoms with Crippen molar-refractivity contribution in [3.05, 3.63) is 0 Å². The highest BCUT2D eigenvalue weighted by Gasteiger charge is 2.26. The maximum absolute atomic E-state index is 4.75. The molecule has 1 aliphatic heterocycles. The molecule has 0 unspecified atom stereocenters. The molecule has 1 N–H and O–H groups in total. The fourth-order valence-corrected chi connectivity index (χ4v) is 2.81. The molecule has 1 aromatic rings. The van der Waals surface area contributed by atoms with E-state index >= 15 is 0 Å². The van der Waals surface area contributed by atoms with E-state index in [1.165, 1.54) is 32.1 Å². The van der Waals surface area contributed by atoms with Crippen molar-refractivity contribution < 1.29 is 0 Å². The van der Waals surface area contributed by atoms with Crippen LogP contribution in [0.5, 0.6) is 0 Å². The molecule has 0 spiro atoms. The molecule has 1 saturated carbocycles. The Morgan fingerprint density at radius 2 is 1.90 bits per heavy atom. The summed E-state index contributed by atoms with van der Waals surface area (Å²) in [6.45, 7) is 6.31. The van der Waals surface area contributed by atoms with Gasteiger partial charge < -0.3 is 15.1 Å². The molecule has 0 bridgehead atoms. The summed E-state index contributed by atoms with van der Waals surface area (Å²) in [5.41, 5.74) is 0. The zero-order valence-electron chi connectivity index (χ0n) is 13.2. The molecule has 116 valence electrons. The Bertz CT molecular complexity index is 467. The Kier molecular flexibility index (Phi) is 4.41. The van der Waals surface area contributed by atoms with Gasteiger partial charge in [0.05, 0.1) is 0 Å². The molecule has 6 heteroatoms. The third-order valence-electron chi connectivity index (χ3n) is 4.31. The van der Waals surface area contributed by atoms with E-state index in [9.17, 15) is 0 Å². The molecule has 3 rings (SSSR count). The van der Waals surface area contributed by atoms with Crippen molar-refractivity contribution in [1.82, 2.24) is 15.0 Å². The number of hydrogen-bond donors (Lipinski definition) is 1. The minimum absolute atomic E-state index is 0.676. The summed E-state index contributed by atoms with van der Waals surface area (Å²) in [7, 11) is 1.87. The van der Waals surface area contributed by atoms with Crippen LogP contribution in [0.1, 0.15) is 39.0 Å². The second kappa shape index (κ2) is 6.45. The van der Waals surface area contributed by atoms with Crippen molar-refractivity contribution in [2.24, 2.45) is 5.92 Å². The van der Waals surface area contributed by atoms with Crippen LogP contribution in [0.4, 0.5) is 17.8 Å². The van der Waals surface area contributed by atoms with Crippen molar-refractivity contribution in [2.75, 3.05) is 48.3 Å². The van der Waals surface area contributed by atoms with Crippen LogP contribution < -0.4 is 15.1 Å². The van der Waals surface area contributed by atoms with Crippen molar-refractivity contribution in [3.63, 3.8) is 0 Å². The molecule has 1 aliphatic carbocycles. The average molecular weight is 290 g/mol. The molecule has 0 amide bonds. The first kappa shape index (κ1) is 14.4. The van der Waals surface area contributed by atoms with Crippen molar-refractivity contribution in [1.29, 1.82) is 0 Å². The fraction of sp³-hybridized carbons (Fsp3) is 0.800. The first-order valence-corrected chi connectivity index (χ1v) is 8.24. The number of piperidine rings is 1. The van der Waals surface area contributed by atoms with Gasteiger partial charge in [-0.1, -0.05) is 0 Å². The summed E-state index contributed by atoms with van der Waals surface area (Å²) in [5.74, 6) is 3.16. The first-order chi connectivity index (χ1) is 10.3. The summed E-state index contributed by atoms with van der Waals surface area (Å²) in [5, 5.41) is 3.08. The van der Waals surface area contributed by atoms with E-state index in [-0.39, 0.29) is 0 Å². The van der Waals surface area contributed by atoms with E-state index in [1.807, 2.05) is 7.05 Å². The monoisotopic (exact) mass is 290 g/mol. The third kappa shape index (κ3) is 3.54. The molecule has 0 radical (unpaired) electrons. The van der Waals surface area contributed by atoms with Crippen LogP contribution in [0.15, 0.2) is 0 Å². The molecular weight excluding hydrogens is 264 g/mol. The topological polar surface area (TPSA) is 57.2 Å². The lowest BCUT2D eigenvalue weighted by molar-refractivity contribution is 0.567. The van der Waals surface area contributed by atoms with Gasteiger partial charge >= 0.3 is 0 Å². The fourth-order valence-electron chi connectivity index (χ4n) is 2.81. The standard InChI is InChI=1S/C15H26N6/c1-3-20(11-12-7-8-12)14-17-13(16-2)18-15(19-14)21-9-5-4-6-10-21/h12H,3-11H2,1-2H3,(H,16,17,18,19). The molecule has 0 aromatic carbocycles. The Morgan fingerprint density at radius 3 is 2.52 bits per heavy atom. The van der Waals surface area contributed by atoms with Crippen LogP contribution in [-0.4, -0.2) is 48.2 Å². The van der Waals surface area contributed by atoms with Gasteiger partial charge in [0.2, 0.25) is 17.8 Å². The van der Waals surface area contributed by atoms with Gasteiger partial charge in [0.15, 0.2) is 0 Å². The second-order valence-electron chi connectivity index (χ2n) is 6.04. The SMILES string of the molecule is CCN(CC1CC1)c1nc(NC)nc(N2CCCCC2)n1. The Hall–Kier alpha value is -1.59. The Labute approximate surface area is 127 Å². The van der Waals surface area contributed by atoms with E-state index < -0.39 is 0 Å². The number of rotatable bonds is 6. The van der Waals surface area contributed by atoms with E-state index in [1.54, 1.807) is 0 Å². The maximum Gasteiger partial charge on any atom is 0.231 e. The summed E-state index contributed by atoms with van der Waals surface area (Å²) >= 11 is 0. The highest BCUT2D eigenvalue weighted by molar-refractivity contribution is 5.45. The smallest absolute Gasteiger partial charge is 0.231 e. The lowest BCUT2D eigenvalue weighted by Gasteiger charge is -2.28. The molecule has 21 heavy (non-hydrogen) atoms. The molecule has 1 aromatic heterocycles. The van der Waals surface area contributed by atoms with Crippen LogP contribution in [0.25, 0.3) is 0 Å². The van der Waals surface area contributed by atoms with Gasteiger partial charge in [-0.15, -0.1) is 0 Å². The maximum atomic E-state index is 4.75. The van der Waals surface area contributed by atoms with E-state index in [0.29, 0.717) is 5.95 Å². The zero-order chi connectivity index (χ0) is 14.7. The number of nitrogens with zero attached hydrogens (tertiary/aromatic N) is 5. The summed E-state index contributed by atoms with van der Waals surface area (Å²) in [6.07, 6.45) is 6.47. The van der Waals surface area contributed by atoms with Crippen LogP contribution in [0.3, 0.4) is 0 Å². The quantitative estimate of drug-likeness (QED) is 0.866. The predicted molar refractivity (Wildman–Crippen MR) is 86.0 cm³/mol. The Morgan fingerprint density at radius 1 is 1.14 bits per heavy atom. The minimum atomic E-state index is 0.676. The summed E-state index contributed by atoms with van der Waals surface area (Å²) in [4.78, 5) is 18.4. The minimum Gasteiger partial charge on any atom is -0.357 e. The van der Waals surface area contributed by atoms with Crippen molar-refractivity contribution in [3.8, 4) is 0 Å². The van der Waals surface area contributed by atoms with Crippen LogP contribution in [0, 0.1) is 5.92 Å². The van der Waals surface area contributed by atoms with Gasteiger partial charge in [0, 0.05) is 33.2 Å². The predicted octanol–water partition coefficient (Wildman–Crippen LogP) is 2.14. The molecule has 2 fully saturated rings. The molecule has 2 aliphatic rings. The average Bonchev–Trinajstić information content (AvgIpc) is 3.37. The zero-order valence-corrected chi connectivity index (χ0v) is 13.2. The van der Waals surface area contributed by atoms with Gasteiger partial charge in [0.1, 0.15) is 0 Å². The van der Waals surface area contributed by atoms with Gasteiger partial charge in [-0.3, -0.25) is 0 Å². The van der Waals surface area contributed by atoms with Gasteiger partial charge in [-0.2, -0.15) is 15.0 Å². The van der Waals surface area contributed by atoms with Crippen molar-refractivity contribution in [2.45, 2.75) is 39.0 Å². The van der Waals surface area contributed by atoms with Gasteiger partial charge in [0.25, 0.3) is 0 Å². The lowest BCUT2D eigenvalue weighted by Crippen LogP contribution is -2.33. The molecule has 0 atom stereocenters. The van der Waals surface area contributed by atoms with Crippen molar-refractivity contribution >= 4 is 17.8 Å². The summed E-state index contributed by atoms with van der Waals surface area (Å²) in [6, 6.07) is 0. The number of anilines is 3. The number of hydrogen-bond acceptors (Lipinski definition) is 6. The van der Waals surface area contributed by atoms with E-state index in [0.717, 1.165) is 44.0 Å². The lowest BCUT2D eigenvalue weighted by atomic mass is 10.1. The Balaban J connectivity index is 1.83. The second-order valence-corrected chi connectivity index (χ2v) is 6.04. The normalized spacial score (nSPS) is 18.7. The number of nitrogens with one attached hydrogen (secondary N) is 1. The molecule has 1 saturated heterocycles. The van der Waals surface area contributed by atoms with E-state index in [4.69, 9.17) is 4.98 Å². The molecule has 6 nitrogen and oxygen atoms in total. The third-order valence-corrected chi connectivity index (χ3v) is 4.31.